The van der Waals surface area contributed by atoms with Crippen molar-refractivity contribution in [3.8, 4) is 5.69 Å². The second kappa shape index (κ2) is 6.23. The van der Waals surface area contributed by atoms with Gasteiger partial charge in [-0.15, -0.1) is 11.8 Å². The van der Waals surface area contributed by atoms with Crippen molar-refractivity contribution in [3.63, 3.8) is 0 Å². The van der Waals surface area contributed by atoms with Gasteiger partial charge in [0, 0.05) is 25.4 Å². The molecular formula is C14H13F3N4OS. The quantitative estimate of drug-likeness (QED) is 0.857. The highest BCUT2D eigenvalue weighted by atomic mass is 32.2. The molecule has 122 valence electrons. The molecule has 5 nitrogen and oxygen atoms in total. The molecule has 1 aliphatic rings. The number of thioether (sulfide) groups is 1. The molecule has 0 aromatic carbocycles. The maximum Gasteiger partial charge on any atom is 0.397 e. The zero-order valence-electron chi connectivity index (χ0n) is 12.0. The van der Waals surface area contributed by atoms with Crippen molar-refractivity contribution in [2.75, 3.05) is 18.2 Å². The molecule has 0 saturated carbocycles. The summed E-state index contributed by atoms with van der Waals surface area (Å²) in [6.45, 7) is 0.376. The van der Waals surface area contributed by atoms with Crippen molar-refractivity contribution in [2.24, 2.45) is 0 Å². The Morgan fingerprint density at radius 1 is 1.35 bits per heavy atom. The lowest BCUT2D eigenvalue weighted by molar-refractivity contribution is -0.105. The Kier molecular flexibility index (Phi) is 4.29. The van der Waals surface area contributed by atoms with E-state index in [-0.39, 0.29) is 11.8 Å². The molecule has 0 saturated heterocycles. The maximum absolute atomic E-state index is 12.4. The van der Waals surface area contributed by atoms with Crippen LogP contribution in [0.2, 0.25) is 0 Å². The predicted molar refractivity (Wildman–Crippen MR) is 79.5 cm³/mol. The normalized spacial score (nSPS) is 14.9. The SMILES string of the molecule is O=C1c2cn(-c3cccnc3)nc2CCN1CSCC(F)(F)F. The highest BCUT2D eigenvalue weighted by Gasteiger charge is 2.30. The lowest BCUT2D eigenvalue weighted by atomic mass is 10.1. The van der Waals surface area contributed by atoms with Crippen molar-refractivity contribution in [1.82, 2.24) is 19.7 Å². The number of amides is 1. The summed E-state index contributed by atoms with van der Waals surface area (Å²) in [5.74, 6) is -1.22. The van der Waals surface area contributed by atoms with Crippen molar-refractivity contribution in [3.05, 3.63) is 42.0 Å². The first-order valence-corrected chi connectivity index (χ1v) is 8.02. The van der Waals surface area contributed by atoms with Crippen LogP contribution < -0.4 is 0 Å². The molecule has 2 aromatic rings. The van der Waals surface area contributed by atoms with Crippen LogP contribution >= 0.6 is 11.8 Å². The van der Waals surface area contributed by atoms with Crippen molar-refractivity contribution in [2.45, 2.75) is 12.6 Å². The summed E-state index contributed by atoms with van der Waals surface area (Å²) in [6, 6.07) is 3.57. The predicted octanol–water partition coefficient (Wildman–Crippen LogP) is 2.52. The first-order valence-electron chi connectivity index (χ1n) is 6.87. The van der Waals surface area contributed by atoms with Gasteiger partial charge < -0.3 is 4.90 Å². The summed E-state index contributed by atoms with van der Waals surface area (Å²) < 4.78 is 38.2. The Morgan fingerprint density at radius 2 is 2.17 bits per heavy atom. The van der Waals surface area contributed by atoms with Gasteiger partial charge in [0.25, 0.3) is 5.91 Å². The number of nitrogens with zero attached hydrogens (tertiary/aromatic N) is 4. The molecule has 0 unspecified atom stereocenters. The number of pyridine rings is 1. The fourth-order valence-corrected chi connectivity index (χ4v) is 3.09. The van der Waals surface area contributed by atoms with E-state index < -0.39 is 11.9 Å². The largest absolute Gasteiger partial charge is 0.397 e. The third kappa shape index (κ3) is 3.66. The van der Waals surface area contributed by atoms with Crippen molar-refractivity contribution in [1.29, 1.82) is 0 Å². The van der Waals surface area contributed by atoms with E-state index in [9.17, 15) is 18.0 Å². The number of aromatic nitrogens is 3. The fourth-order valence-electron chi connectivity index (χ4n) is 2.30. The van der Waals surface area contributed by atoms with E-state index in [1.807, 2.05) is 6.07 Å². The minimum atomic E-state index is -4.22. The molecule has 23 heavy (non-hydrogen) atoms. The van der Waals surface area contributed by atoms with Crippen LogP contribution in [0.15, 0.2) is 30.7 Å². The van der Waals surface area contributed by atoms with E-state index in [4.69, 9.17) is 0 Å². The van der Waals surface area contributed by atoms with E-state index in [1.54, 1.807) is 29.3 Å². The zero-order chi connectivity index (χ0) is 16.4. The van der Waals surface area contributed by atoms with Gasteiger partial charge in [-0.2, -0.15) is 18.3 Å². The smallest absolute Gasteiger partial charge is 0.329 e. The molecule has 0 atom stereocenters. The van der Waals surface area contributed by atoms with Crippen molar-refractivity contribution < 1.29 is 18.0 Å². The van der Waals surface area contributed by atoms with Gasteiger partial charge in [0.1, 0.15) is 0 Å². The Labute approximate surface area is 134 Å². The number of hydrogen-bond acceptors (Lipinski definition) is 4. The van der Waals surface area contributed by atoms with Gasteiger partial charge in [0.2, 0.25) is 0 Å². The Morgan fingerprint density at radius 3 is 2.87 bits per heavy atom. The highest BCUT2D eigenvalue weighted by Crippen LogP contribution is 2.24. The highest BCUT2D eigenvalue weighted by molar-refractivity contribution is 7.99. The first kappa shape index (κ1) is 15.9. The van der Waals surface area contributed by atoms with E-state index >= 15 is 0 Å². The third-order valence-corrected chi connectivity index (χ3v) is 4.38. The average molecular weight is 342 g/mol. The monoisotopic (exact) mass is 342 g/mol. The van der Waals surface area contributed by atoms with E-state index in [1.165, 1.54) is 4.90 Å². The Bertz CT molecular complexity index is 702. The molecule has 0 radical (unpaired) electrons. The molecule has 2 aromatic heterocycles. The van der Waals surface area contributed by atoms with Gasteiger partial charge in [-0.25, -0.2) is 4.68 Å². The number of carbonyl (C=O) groups excluding carboxylic acids is 1. The van der Waals surface area contributed by atoms with Crippen molar-refractivity contribution >= 4 is 17.7 Å². The molecule has 0 N–H and O–H groups in total. The molecular weight excluding hydrogens is 329 g/mol. The standard InChI is InChI=1S/C14H13F3N4OS/c15-14(16,17)8-23-9-20-5-3-12-11(13(20)22)7-21(19-12)10-2-1-4-18-6-10/h1-2,4,6-7H,3,5,8-9H2. The van der Waals surface area contributed by atoms with Gasteiger partial charge >= 0.3 is 6.18 Å². The van der Waals surface area contributed by atoms with Crippen LogP contribution in [0.3, 0.4) is 0 Å². The number of rotatable bonds is 4. The molecule has 1 aliphatic heterocycles. The number of hydrogen-bond donors (Lipinski definition) is 0. The third-order valence-electron chi connectivity index (χ3n) is 3.35. The molecule has 3 heterocycles. The van der Waals surface area contributed by atoms with Crippen LogP contribution in [0, 0.1) is 0 Å². The van der Waals surface area contributed by atoms with Crippen LogP contribution in [0.5, 0.6) is 0 Å². The number of halogens is 3. The van der Waals surface area contributed by atoms with Crippen LogP contribution in [0.25, 0.3) is 5.69 Å². The molecule has 9 heteroatoms. The maximum atomic E-state index is 12.4. The summed E-state index contributed by atoms with van der Waals surface area (Å²) in [4.78, 5) is 17.8. The Balaban J connectivity index is 1.72. The lowest BCUT2D eigenvalue weighted by Crippen LogP contribution is -2.37. The minimum Gasteiger partial charge on any atom is -0.329 e. The van der Waals surface area contributed by atoms with Gasteiger partial charge in [-0.3, -0.25) is 9.78 Å². The fraction of sp³-hybridized carbons (Fsp3) is 0.357. The molecule has 0 bridgehead atoms. The molecule has 3 rings (SSSR count). The van der Waals surface area contributed by atoms with Gasteiger partial charge in [0.15, 0.2) is 0 Å². The van der Waals surface area contributed by atoms with E-state index in [2.05, 4.69) is 10.1 Å². The second-order valence-electron chi connectivity index (χ2n) is 5.06. The number of carbonyl (C=O) groups is 1. The van der Waals surface area contributed by atoms with Gasteiger partial charge in [-0.1, -0.05) is 0 Å². The topological polar surface area (TPSA) is 51.0 Å². The molecule has 0 spiro atoms. The average Bonchev–Trinajstić information content (AvgIpc) is 2.94. The summed E-state index contributed by atoms with van der Waals surface area (Å²) in [5, 5.41) is 4.37. The summed E-state index contributed by atoms with van der Waals surface area (Å²) >= 11 is 0.691. The Hall–Kier alpha value is -2.03. The molecule has 1 amide bonds. The number of fused-ring (bicyclic) bond motifs is 1. The lowest BCUT2D eigenvalue weighted by Gasteiger charge is -2.25. The molecule has 0 aliphatic carbocycles. The van der Waals surface area contributed by atoms with Crippen LogP contribution in [0.1, 0.15) is 16.1 Å². The van der Waals surface area contributed by atoms with Crippen LogP contribution in [-0.2, 0) is 6.42 Å². The first-order chi connectivity index (χ1) is 10.9. The van der Waals surface area contributed by atoms with Gasteiger partial charge in [0.05, 0.1) is 34.8 Å². The summed E-state index contributed by atoms with van der Waals surface area (Å²) in [5.41, 5.74) is 1.83. The van der Waals surface area contributed by atoms with Gasteiger partial charge in [-0.05, 0) is 12.1 Å². The summed E-state index contributed by atoms with van der Waals surface area (Å²) in [6.07, 6.45) is 1.17. The van der Waals surface area contributed by atoms with Crippen LogP contribution in [-0.4, -0.2) is 49.9 Å². The van der Waals surface area contributed by atoms with E-state index in [0.717, 1.165) is 5.69 Å². The van der Waals surface area contributed by atoms with E-state index in [0.29, 0.717) is 36.0 Å². The second-order valence-corrected chi connectivity index (χ2v) is 6.01. The van der Waals surface area contributed by atoms with Crippen LogP contribution in [0.4, 0.5) is 13.2 Å². The summed E-state index contributed by atoms with van der Waals surface area (Å²) in [7, 11) is 0. The minimum absolute atomic E-state index is 0.0237. The number of alkyl halides is 3. The zero-order valence-corrected chi connectivity index (χ0v) is 12.8. The molecule has 0 fully saturated rings.